The van der Waals surface area contributed by atoms with Gasteiger partial charge in [0, 0.05) is 34.2 Å². The number of halogens is 3. The molecule has 3 heterocycles. The minimum Gasteiger partial charge on any atom is -0.360 e. The number of aromatic nitrogens is 3. The molecule has 0 radical (unpaired) electrons. The van der Waals surface area contributed by atoms with Crippen LogP contribution < -0.4 is 10.6 Å². The van der Waals surface area contributed by atoms with Gasteiger partial charge in [0.2, 0.25) is 5.95 Å². The topological polar surface area (TPSA) is 82.7 Å². The lowest BCUT2D eigenvalue weighted by Gasteiger charge is -2.12. The first-order chi connectivity index (χ1) is 12.4. The Labute approximate surface area is 148 Å². The first-order valence-corrected chi connectivity index (χ1v) is 9.26. The number of alkyl halides is 3. The molecule has 0 amide bonds. The van der Waals surface area contributed by atoms with Gasteiger partial charge in [-0.3, -0.25) is 4.21 Å². The van der Waals surface area contributed by atoms with Crippen LogP contribution in [0.1, 0.15) is 11.1 Å². The summed E-state index contributed by atoms with van der Waals surface area (Å²) in [7, 11) is -0.883. The molecular formula is C16H14F3N5OS. The maximum Gasteiger partial charge on any atom is 0.405 e. The lowest BCUT2D eigenvalue weighted by Crippen LogP contribution is -2.22. The highest BCUT2D eigenvalue weighted by Gasteiger charge is 2.27. The molecule has 0 saturated heterocycles. The monoisotopic (exact) mass is 381 g/mol. The highest BCUT2D eigenvalue weighted by Crippen LogP contribution is 2.28. The van der Waals surface area contributed by atoms with Gasteiger partial charge in [0.25, 0.3) is 0 Å². The average molecular weight is 381 g/mol. The van der Waals surface area contributed by atoms with Crippen molar-refractivity contribution in [2.24, 2.45) is 0 Å². The van der Waals surface area contributed by atoms with E-state index in [1.54, 1.807) is 12.3 Å². The van der Waals surface area contributed by atoms with Crippen LogP contribution in [0.5, 0.6) is 0 Å². The van der Waals surface area contributed by atoms with Crippen LogP contribution in [0.3, 0.4) is 0 Å². The molecule has 1 unspecified atom stereocenters. The Hall–Kier alpha value is -2.62. The van der Waals surface area contributed by atoms with E-state index < -0.39 is 23.5 Å². The number of benzene rings is 1. The van der Waals surface area contributed by atoms with Crippen molar-refractivity contribution >= 4 is 39.3 Å². The second kappa shape index (κ2) is 6.27. The van der Waals surface area contributed by atoms with E-state index in [1.165, 1.54) is 0 Å². The molecule has 0 fully saturated rings. The number of nitrogens with one attached hydrogen (secondary N) is 3. The Kier molecular flexibility index (Phi) is 4.06. The van der Waals surface area contributed by atoms with E-state index in [4.69, 9.17) is 0 Å². The van der Waals surface area contributed by atoms with Gasteiger partial charge in [-0.25, -0.2) is 0 Å². The van der Waals surface area contributed by atoms with Crippen molar-refractivity contribution in [3.8, 4) is 0 Å². The van der Waals surface area contributed by atoms with E-state index in [0.717, 1.165) is 11.1 Å². The first-order valence-electron chi connectivity index (χ1n) is 7.77. The first kappa shape index (κ1) is 16.8. The maximum atomic E-state index is 12.5. The molecule has 10 heteroatoms. The summed E-state index contributed by atoms with van der Waals surface area (Å²) < 4.78 is 49.2. The van der Waals surface area contributed by atoms with Crippen molar-refractivity contribution in [2.75, 3.05) is 17.2 Å². The van der Waals surface area contributed by atoms with Crippen LogP contribution in [-0.2, 0) is 22.3 Å². The fourth-order valence-corrected chi connectivity index (χ4v) is 4.17. The number of H-pyrrole nitrogens is 1. The number of hydrogen-bond acceptors (Lipinski definition) is 5. The van der Waals surface area contributed by atoms with Gasteiger partial charge in [0.1, 0.15) is 18.0 Å². The Morgan fingerprint density at radius 3 is 2.77 bits per heavy atom. The Morgan fingerprint density at radius 2 is 1.96 bits per heavy atom. The number of fused-ring (bicyclic) bond motifs is 2. The van der Waals surface area contributed by atoms with Crippen molar-refractivity contribution in [3.05, 3.63) is 41.6 Å². The van der Waals surface area contributed by atoms with Gasteiger partial charge in [0.15, 0.2) is 0 Å². The van der Waals surface area contributed by atoms with Crippen LogP contribution in [0.25, 0.3) is 11.0 Å². The highest BCUT2D eigenvalue weighted by molar-refractivity contribution is 7.83. The predicted octanol–water partition coefficient (Wildman–Crippen LogP) is 3.44. The van der Waals surface area contributed by atoms with Crippen LogP contribution in [0, 0.1) is 0 Å². The fourth-order valence-electron chi connectivity index (χ4n) is 2.82. The van der Waals surface area contributed by atoms with Crippen molar-refractivity contribution in [1.29, 1.82) is 0 Å². The zero-order valence-electron chi connectivity index (χ0n) is 13.4. The minimum absolute atomic E-state index is 0.0957. The van der Waals surface area contributed by atoms with Crippen LogP contribution in [0.2, 0.25) is 0 Å². The second-order valence-corrected chi connectivity index (χ2v) is 7.40. The number of hydrogen-bond donors (Lipinski definition) is 3. The van der Waals surface area contributed by atoms with Gasteiger partial charge in [-0.15, -0.1) is 0 Å². The molecule has 4 rings (SSSR count). The molecule has 26 heavy (non-hydrogen) atoms. The molecule has 1 atom stereocenters. The van der Waals surface area contributed by atoms with Crippen LogP contribution in [-0.4, -0.2) is 31.9 Å². The van der Waals surface area contributed by atoms with Gasteiger partial charge in [-0.2, -0.15) is 23.1 Å². The molecule has 3 N–H and O–H groups in total. The van der Waals surface area contributed by atoms with E-state index in [0.29, 0.717) is 28.2 Å². The van der Waals surface area contributed by atoms with Gasteiger partial charge >= 0.3 is 6.18 Å². The van der Waals surface area contributed by atoms with Crippen LogP contribution >= 0.6 is 0 Å². The smallest absolute Gasteiger partial charge is 0.360 e. The maximum absolute atomic E-state index is 12.5. The van der Waals surface area contributed by atoms with Gasteiger partial charge in [-0.05, 0) is 29.3 Å². The molecule has 136 valence electrons. The lowest BCUT2D eigenvalue weighted by molar-refractivity contribution is -0.115. The summed E-state index contributed by atoms with van der Waals surface area (Å²) in [5.41, 5.74) is 3.15. The summed E-state index contributed by atoms with van der Waals surface area (Å²) >= 11 is 0. The average Bonchev–Trinajstić information content (AvgIpc) is 3.16. The van der Waals surface area contributed by atoms with E-state index in [9.17, 15) is 17.4 Å². The SMILES string of the molecule is O=S1Cc2ccc(Nc3nc(NCC(F)(F)F)c4cc[nH]c4n3)cc2C1. The molecule has 1 aromatic carbocycles. The number of nitrogens with zero attached hydrogens (tertiary/aromatic N) is 2. The molecule has 0 spiro atoms. The standard InChI is InChI=1S/C16H14F3N5OS/c17-16(18,19)8-21-14-12-3-4-20-13(12)23-15(24-14)22-11-2-1-9-6-26(25)7-10(9)5-11/h1-5H,6-8H2,(H3,20,21,22,23,24). The third-order valence-corrected chi connectivity index (χ3v) is 5.23. The largest absolute Gasteiger partial charge is 0.405 e. The molecule has 0 aliphatic carbocycles. The molecule has 1 aliphatic rings. The zero-order valence-corrected chi connectivity index (χ0v) is 14.2. The van der Waals surface area contributed by atoms with Crippen molar-refractivity contribution in [2.45, 2.75) is 17.7 Å². The molecular weight excluding hydrogens is 367 g/mol. The molecule has 2 aromatic heterocycles. The summed E-state index contributed by atoms with van der Waals surface area (Å²) in [6.45, 7) is -1.19. The Bertz CT molecular complexity index is 1000. The number of rotatable bonds is 4. The van der Waals surface area contributed by atoms with Crippen molar-refractivity contribution in [1.82, 2.24) is 15.0 Å². The predicted molar refractivity (Wildman–Crippen MR) is 93.7 cm³/mol. The molecule has 3 aromatic rings. The number of anilines is 3. The minimum atomic E-state index is -4.35. The van der Waals surface area contributed by atoms with Crippen molar-refractivity contribution in [3.63, 3.8) is 0 Å². The summed E-state index contributed by atoms with van der Waals surface area (Å²) in [6.07, 6.45) is -2.76. The summed E-state index contributed by atoms with van der Waals surface area (Å²) in [5.74, 6) is 1.31. The van der Waals surface area contributed by atoms with Crippen molar-refractivity contribution < 1.29 is 17.4 Å². The van der Waals surface area contributed by atoms with E-state index in [-0.39, 0.29) is 11.8 Å². The quantitative estimate of drug-likeness (QED) is 0.645. The third kappa shape index (κ3) is 3.50. The highest BCUT2D eigenvalue weighted by atomic mass is 32.2. The van der Waals surface area contributed by atoms with Crippen LogP contribution in [0.15, 0.2) is 30.5 Å². The van der Waals surface area contributed by atoms with Gasteiger partial charge < -0.3 is 15.6 Å². The lowest BCUT2D eigenvalue weighted by atomic mass is 10.1. The third-order valence-electron chi connectivity index (χ3n) is 3.97. The fraction of sp³-hybridized carbons (Fsp3) is 0.250. The van der Waals surface area contributed by atoms with Crippen LogP contribution in [0.4, 0.5) is 30.6 Å². The Balaban J connectivity index is 1.62. The summed E-state index contributed by atoms with van der Waals surface area (Å²) in [4.78, 5) is 11.3. The Morgan fingerprint density at radius 1 is 1.15 bits per heavy atom. The molecule has 6 nitrogen and oxygen atoms in total. The zero-order chi connectivity index (χ0) is 18.3. The summed E-state index contributed by atoms with van der Waals surface area (Å²) in [5, 5.41) is 5.79. The van der Waals surface area contributed by atoms with Gasteiger partial charge in [-0.1, -0.05) is 6.07 Å². The molecule has 1 aliphatic heterocycles. The summed E-state index contributed by atoms with van der Waals surface area (Å²) in [6, 6.07) is 7.18. The van der Waals surface area contributed by atoms with E-state index in [2.05, 4.69) is 25.6 Å². The normalized spacial score (nSPS) is 16.7. The number of aromatic amines is 1. The van der Waals surface area contributed by atoms with E-state index >= 15 is 0 Å². The second-order valence-electron chi connectivity index (χ2n) is 5.94. The van der Waals surface area contributed by atoms with E-state index in [1.807, 2.05) is 18.2 Å². The molecule has 0 saturated carbocycles. The molecule has 0 bridgehead atoms. The van der Waals surface area contributed by atoms with Gasteiger partial charge in [0.05, 0.1) is 5.39 Å².